The van der Waals surface area contributed by atoms with Gasteiger partial charge in [-0.25, -0.2) is 0 Å². The first-order chi connectivity index (χ1) is 12.2. The first kappa shape index (κ1) is 19.9. The van der Waals surface area contributed by atoms with Crippen molar-refractivity contribution in [2.45, 2.75) is 32.6 Å². The number of hydrogen-bond acceptors (Lipinski definition) is 3. The van der Waals surface area contributed by atoms with Gasteiger partial charge in [0.05, 0.1) is 0 Å². The summed E-state index contributed by atoms with van der Waals surface area (Å²) >= 11 is 0. The molecule has 1 amide bonds. The molecule has 0 spiro atoms. The van der Waals surface area contributed by atoms with E-state index in [1.807, 2.05) is 38.4 Å². The summed E-state index contributed by atoms with van der Waals surface area (Å²) in [6, 6.07) is 9.27. The standard InChI is InChI=1S/C21H29N3O2/c1-21(2,3)17-9-7-15(8-10-17)19(25)16-13-18(23-14-16)20(26)22-11-6-12-24(4)5/h7-10,13-14,23H,6,11-12H2,1-5H3,(H,22,26). The number of amides is 1. The van der Waals surface area contributed by atoms with Gasteiger partial charge in [-0.2, -0.15) is 0 Å². The normalized spacial score (nSPS) is 11.6. The largest absolute Gasteiger partial charge is 0.356 e. The fourth-order valence-electron chi connectivity index (χ4n) is 2.64. The topological polar surface area (TPSA) is 65.2 Å². The van der Waals surface area contributed by atoms with E-state index in [0.717, 1.165) is 13.0 Å². The summed E-state index contributed by atoms with van der Waals surface area (Å²) < 4.78 is 0. The predicted molar refractivity (Wildman–Crippen MR) is 105 cm³/mol. The number of aromatic nitrogens is 1. The van der Waals surface area contributed by atoms with Crippen molar-refractivity contribution in [3.8, 4) is 0 Å². The van der Waals surface area contributed by atoms with Gasteiger partial charge in [0.1, 0.15) is 5.69 Å². The van der Waals surface area contributed by atoms with E-state index in [2.05, 4.69) is 36.0 Å². The van der Waals surface area contributed by atoms with Crippen LogP contribution in [0.4, 0.5) is 0 Å². The first-order valence-electron chi connectivity index (χ1n) is 8.95. The molecule has 2 aromatic rings. The summed E-state index contributed by atoms with van der Waals surface area (Å²) in [5, 5.41) is 2.86. The zero-order chi connectivity index (χ0) is 19.3. The van der Waals surface area contributed by atoms with Gasteiger partial charge in [-0.15, -0.1) is 0 Å². The molecule has 0 atom stereocenters. The van der Waals surface area contributed by atoms with Crippen LogP contribution in [0.1, 0.15) is 59.2 Å². The Morgan fingerprint density at radius 3 is 2.31 bits per heavy atom. The van der Waals surface area contributed by atoms with Gasteiger partial charge in [-0.05, 0) is 44.1 Å². The number of ketones is 1. The van der Waals surface area contributed by atoms with Crippen molar-refractivity contribution in [3.63, 3.8) is 0 Å². The molecule has 0 unspecified atom stereocenters. The fraction of sp³-hybridized carbons (Fsp3) is 0.429. The molecule has 2 N–H and O–H groups in total. The molecule has 26 heavy (non-hydrogen) atoms. The lowest BCUT2D eigenvalue weighted by molar-refractivity contribution is 0.0948. The van der Waals surface area contributed by atoms with Crippen LogP contribution in [-0.2, 0) is 5.41 Å². The zero-order valence-electron chi connectivity index (χ0n) is 16.3. The Balaban J connectivity index is 2.00. The molecule has 2 rings (SSSR count). The highest BCUT2D eigenvalue weighted by Crippen LogP contribution is 2.23. The molecule has 0 aliphatic carbocycles. The van der Waals surface area contributed by atoms with Gasteiger partial charge >= 0.3 is 0 Å². The molecule has 1 heterocycles. The van der Waals surface area contributed by atoms with Gasteiger partial charge in [0.15, 0.2) is 5.78 Å². The summed E-state index contributed by atoms with van der Waals surface area (Å²) in [6.07, 6.45) is 2.47. The summed E-state index contributed by atoms with van der Waals surface area (Å²) in [6.45, 7) is 7.94. The van der Waals surface area contributed by atoms with Gasteiger partial charge in [-0.1, -0.05) is 45.0 Å². The highest BCUT2D eigenvalue weighted by molar-refractivity contribution is 6.10. The van der Waals surface area contributed by atoms with Crippen molar-refractivity contribution >= 4 is 11.7 Å². The third-order valence-electron chi connectivity index (χ3n) is 4.27. The molecule has 0 saturated heterocycles. The smallest absolute Gasteiger partial charge is 0.267 e. The lowest BCUT2D eigenvalue weighted by Gasteiger charge is -2.18. The van der Waals surface area contributed by atoms with Gasteiger partial charge in [0.25, 0.3) is 5.91 Å². The molecule has 0 saturated carbocycles. The Hall–Kier alpha value is -2.40. The second-order valence-corrected chi connectivity index (χ2v) is 7.87. The highest BCUT2D eigenvalue weighted by Gasteiger charge is 2.17. The summed E-state index contributed by atoms with van der Waals surface area (Å²) in [4.78, 5) is 29.7. The summed E-state index contributed by atoms with van der Waals surface area (Å²) in [5.41, 5.74) is 2.75. The number of carbonyl (C=O) groups excluding carboxylic acids is 2. The fourth-order valence-corrected chi connectivity index (χ4v) is 2.64. The second-order valence-electron chi connectivity index (χ2n) is 7.87. The molecule has 140 valence electrons. The van der Waals surface area contributed by atoms with Crippen molar-refractivity contribution in [2.24, 2.45) is 0 Å². The number of nitrogens with zero attached hydrogens (tertiary/aromatic N) is 1. The molecule has 0 bridgehead atoms. The third kappa shape index (κ3) is 5.30. The van der Waals surface area contributed by atoms with Gasteiger partial charge in [-0.3, -0.25) is 9.59 Å². The van der Waals surface area contributed by atoms with Crippen molar-refractivity contribution in [1.82, 2.24) is 15.2 Å². The van der Waals surface area contributed by atoms with E-state index >= 15 is 0 Å². The predicted octanol–water partition coefficient (Wildman–Crippen LogP) is 3.22. The molecule has 0 aliphatic rings. The minimum Gasteiger partial charge on any atom is -0.356 e. The minimum atomic E-state index is -0.189. The molecule has 0 aliphatic heterocycles. The van der Waals surface area contributed by atoms with Gasteiger partial charge in [0.2, 0.25) is 0 Å². The van der Waals surface area contributed by atoms with Crippen LogP contribution in [0, 0.1) is 0 Å². The van der Waals surface area contributed by atoms with E-state index in [4.69, 9.17) is 0 Å². The monoisotopic (exact) mass is 355 g/mol. The van der Waals surface area contributed by atoms with E-state index < -0.39 is 0 Å². The number of rotatable bonds is 7. The Morgan fingerprint density at radius 2 is 1.73 bits per heavy atom. The molecule has 5 heteroatoms. The highest BCUT2D eigenvalue weighted by atomic mass is 16.2. The van der Waals surface area contributed by atoms with Crippen molar-refractivity contribution in [2.75, 3.05) is 27.2 Å². The maximum absolute atomic E-state index is 12.6. The maximum atomic E-state index is 12.6. The van der Waals surface area contributed by atoms with Crippen molar-refractivity contribution < 1.29 is 9.59 Å². The lowest BCUT2D eigenvalue weighted by Crippen LogP contribution is -2.27. The number of aromatic amines is 1. The molecule has 1 aromatic heterocycles. The van der Waals surface area contributed by atoms with Crippen LogP contribution in [0.2, 0.25) is 0 Å². The van der Waals surface area contributed by atoms with E-state index in [0.29, 0.717) is 23.4 Å². The van der Waals surface area contributed by atoms with E-state index in [1.165, 1.54) is 5.56 Å². The molecular weight excluding hydrogens is 326 g/mol. The Morgan fingerprint density at radius 1 is 1.08 bits per heavy atom. The van der Waals surface area contributed by atoms with Crippen LogP contribution in [-0.4, -0.2) is 48.8 Å². The van der Waals surface area contributed by atoms with Crippen LogP contribution in [0.5, 0.6) is 0 Å². The van der Waals surface area contributed by atoms with Gasteiger partial charge < -0.3 is 15.2 Å². The first-order valence-corrected chi connectivity index (χ1v) is 8.95. The van der Waals surface area contributed by atoms with E-state index in [9.17, 15) is 9.59 Å². The zero-order valence-corrected chi connectivity index (χ0v) is 16.3. The Bertz CT molecular complexity index is 752. The van der Waals surface area contributed by atoms with E-state index in [1.54, 1.807) is 12.3 Å². The minimum absolute atomic E-state index is 0.0491. The van der Waals surface area contributed by atoms with Crippen LogP contribution in [0.15, 0.2) is 36.5 Å². The second kappa shape index (κ2) is 8.32. The molecule has 1 aromatic carbocycles. The summed E-state index contributed by atoms with van der Waals surface area (Å²) in [5.74, 6) is -0.278. The number of benzene rings is 1. The SMILES string of the molecule is CN(C)CCCNC(=O)c1cc(C(=O)c2ccc(C(C)(C)C)cc2)c[nH]1. The number of H-pyrrole nitrogens is 1. The summed E-state index contributed by atoms with van der Waals surface area (Å²) in [7, 11) is 4.00. The average molecular weight is 355 g/mol. The van der Waals surface area contributed by atoms with Gasteiger partial charge in [0, 0.05) is 23.9 Å². The lowest BCUT2D eigenvalue weighted by atomic mass is 9.86. The quantitative estimate of drug-likeness (QED) is 0.592. The molecule has 5 nitrogen and oxygen atoms in total. The Kier molecular flexibility index (Phi) is 6.37. The van der Waals surface area contributed by atoms with Crippen LogP contribution in [0.25, 0.3) is 0 Å². The number of nitrogens with one attached hydrogen (secondary N) is 2. The number of carbonyl (C=O) groups is 2. The molecule has 0 radical (unpaired) electrons. The average Bonchev–Trinajstić information content (AvgIpc) is 3.07. The van der Waals surface area contributed by atoms with E-state index in [-0.39, 0.29) is 17.1 Å². The molecule has 0 fully saturated rings. The molecular formula is C21H29N3O2. The van der Waals surface area contributed by atoms with Crippen LogP contribution < -0.4 is 5.32 Å². The number of hydrogen-bond donors (Lipinski definition) is 2. The maximum Gasteiger partial charge on any atom is 0.267 e. The van der Waals surface area contributed by atoms with Crippen molar-refractivity contribution in [1.29, 1.82) is 0 Å². The Labute approximate surface area is 155 Å². The third-order valence-corrected chi connectivity index (χ3v) is 4.27. The van der Waals surface area contributed by atoms with Crippen LogP contribution in [0.3, 0.4) is 0 Å². The van der Waals surface area contributed by atoms with Crippen LogP contribution >= 0.6 is 0 Å². The van der Waals surface area contributed by atoms with Crippen molar-refractivity contribution in [3.05, 3.63) is 58.9 Å².